The van der Waals surface area contributed by atoms with Gasteiger partial charge < -0.3 is 4.74 Å². The Balaban J connectivity index is 1.74. The molecule has 3 rings (SSSR count). The van der Waals surface area contributed by atoms with E-state index in [1.54, 1.807) is 10.5 Å². The Kier molecular flexibility index (Phi) is 4.26. The van der Waals surface area contributed by atoms with Gasteiger partial charge in [-0.3, -0.25) is 9.88 Å². The van der Waals surface area contributed by atoms with Gasteiger partial charge in [0, 0.05) is 38.6 Å². The first-order chi connectivity index (χ1) is 10.0. The van der Waals surface area contributed by atoms with Gasteiger partial charge in [-0.1, -0.05) is 6.07 Å². The van der Waals surface area contributed by atoms with Gasteiger partial charge in [-0.15, -0.1) is 0 Å². The molecular formula is C14H21N3O3S. The van der Waals surface area contributed by atoms with E-state index in [4.69, 9.17) is 4.74 Å². The number of aromatic nitrogens is 1. The maximum Gasteiger partial charge on any atom is 0.211 e. The number of hydrogen-bond acceptors (Lipinski definition) is 5. The molecule has 0 amide bonds. The van der Waals surface area contributed by atoms with Crippen LogP contribution in [0.15, 0.2) is 24.5 Å². The fraction of sp³-hybridized carbons (Fsp3) is 0.643. The van der Waals surface area contributed by atoms with Crippen molar-refractivity contribution < 1.29 is 13.2 Å². The summed E-state index contributed by atoms with van der Waals surface area (Å²) in [5.74, 6) is 0. The van der Waals surface area contributed by atoms with Crippen LogP contribution >= 0.6 is 0 Å². The number of fused-ring (bicyclic) bond motifs is 1. The minimum absolute atomic E-state index is 0.127. The number of ether oxygens (including phenoxy) is 1. The van der Waals surface area contributed by atoms with Crippen molar-refractivity contribution in [1.29, 1.82) is 0 Å². The predicted octanol–water partition coefficient (Wildman–Crippen LogP) is 0.316. The third kappa shape index (κ3) is 3.42. The highest BCUT2D eigenvalue weighted by Gasteiger charge is 2.39. The zero-order valence-corrected chi connectivity index (χ0v) is 13.0. The molecule has 2 fully saturated rings. The number of piperidine rings is 1. The summed E-state index contributed by atoms with van der Waals surface area (Å²) in [5.41, 5.74) is 1.15. The van der Waals surface area contributed by atoms with Crippen molar-refractivity contribution in [2.24, 2.45) is 0 Å². The van der Waals surface area contributed by atoms with Crippen LogP contribution in [0.5, 0.6) is 0 Å². The van der Waals surface area contributed by atoms with E-state index in [0.717, 1.165) is 25.1 Å². The number of morpholine rings is 1. The van der Waals surface area contributed by atoms with Gasteiger partial charge in [0.25, 0.3) is 0 Å². The van der Waals surface area contributed by atoms with Gasteiger partial charge in [-0.05, 0) is 18.1 Å². The van der Waals surface area contributed by atoms with Crippen molar-refractivity contribution in [3.63, 3.8) is 0 Å². The van der Waals surface area contributed by atoms with Gasteiger partial charge in [0.15, 0.2) is 0 Å². The zero-order chi connectivity index (χ0) is 14.9. The molecule has 2 saturated heterocycles. The van der Waals surface area contributed by atoms with E-state index in [0.29, 0.717) is 19.7 Å². The summed E-state index contributed by atoms with van der Waals surface area (Å²) in [6.45, 7) is 3.40. The van der Waals surface area contributed by atoms with Crippen molar-refractivity contribution in [2.45, 2.75) is 25.1 Å². The first-order valence-electron chi connectivity index (χ1n) is 7.24. The van der Waals surface area contributed by atoms with Crippen LogP contribution in [0.2, 0.25) is 0 Å². The molecule has 21 heavy (non-hydrogen) atoms. The molecule has 0 saturated carbocycles. The maximum absolute atomic E-state index is 11.8. The van der Waals surface area contributed by atoms with Crippen molar-refractivity contribution in [1.82, 2.24) is 14.2 Å². The number of sulfonamides is 1. The lowest BCUT2D eigenvalue weighted by Crippen LogP contribution is -2.60. The van der Waals surface area contributed by atoms with E-state index < -0.39 is 10.0 Å². The second kappa shape index (κ2) is 6.00. The molecule has 0 N–H and O–H groups in total. The SMILES string of the molecule is CS(=O)(=O)N1CC[C@@H]2OCCN(Cc3cccnc3)[C@H]2C1. The summed E-state index contributed by atoms with van der Waals surface area (Å²) in [7, 11) is -3.13. The summed E-state index contributed by atoms with van der Waals surface area (Å²) >= 11 is 0. The lowest BCUT2D eigenvalue weighted by Gasteiger charge is -2.46. The van der Waals surface area contributed by atoms with Gasteiger partial charge in [0.2, 0.25) is 10.0 Å². The van der Waals surface area contributed by atoms with Gasteiger partial charge in [-0.25, -0.2) is 12.7 Å². The lowest BCUT2D eigenvalue weighted by atomic mass is 10.00. The van der Waals surface area contributed by atoms with Gasteiger partial charge in [-0.2, -0.15) is 0 Å². The molecule has 1 aromatic heterocycles. The molecule has 2 aliphatic heterocycles. The fourth-order valence-corrected chi connectivity index (χ4v) is 4.00. The fourth-order valence-electron chi connectivity index (χ4n) is 3.14. The predicted molar refractivity (Wildman–Crippen MR) is 79.2 cm³/mol. The Labute approximate surface area is 125 Å². The summed E-state index contributed by atoms with van der Waals surface area (Å²) in [6.07, 6.45) is 5.80. The number of rotatable bonds is 3. The number of nitrogens with zero attached hydrogens (tertiary/aromatic N) is 3. The van der Waals surface area contributed by atoms with E-state index in [1.807, 2.05) is 12.3 Å². The topological polar surface area (TPSA) is 62.7 Å². The molecule has 0 radical (unpaired) electrons. The molecule has 3 heterocycles. The molecule has 6 nitrogen and oxygen atoms in total. The molecule has 0 bridgehead atoms. The Morgan fingerprint density at radius 1 is 1.43 bits per heavy atom. The van der Waals surface area contributed by atoms with Crippen LogP contribution < -0.4 is 0 Å². The van der Waals surface area contributed by atoms with Crippen LogP contribution in [0.1, 0.15) is 12.0 Å². The molecule has 7 heteroatoms. The van der Waals surface area contributed by atoms with Crippen molar-refractivity contribution in [3.05, 3.63) is 30.1 Å². The summed E-state index contributed by atoms with van der Waals surface area (Å²) in [5, 5.41) is 0. The Morgan fingerprint density at radius 2 is 2.29 bits per heavy atom. The summed E-state index contributed by atoms with van der Waals surface area (Å²) in [4.78, 5) is 6.47. The molecule has 0 aliphatic carbocycles. The average molecular weight is 311 g/mol. The van der Waals surface area contributed by atoms with Crippen molar-refractivity contribution in [2.75, 3.05) is 32.5 Å². The molecule has 0 aromatic carbocycles. The number of pyridine rings is 1. The first kappa shape index (κ1) is 14.9. The van der Waals surface area contributed by atoms with E-state index >= 15 is 0 Å². The minimum Gasteiger partial charge on any atom is -0.375 e. The highest BCUT2D eigenvalue weighted by Crippen LogP contribution is 2.25. The quantitative estimate of drug-likeness (QED) is 0.804. The smallest absolute Gasteiger partial charge is 0.211 e. The van der Waals surface area contributed by atoms with Gasteiger partial charge >= 0.3 is 0 Å². The highest BCUT2D eigenvalue weighted by atomic mass is 32.2. The zero-order valence-electron chi connectivity index (χ0n) is 12.2. The summed E-state index contributed by atoms with van der Waals surface area (Å²) in [6, 6.07) is 4.10. The molecule has 116 valence electrons. The highest BCUT2D eigenvalue weighted by molar-refractivity contribution is 7.88. The normalized spacial score (nSPS) is 28.2. The van der Waals surface area contributed by atoms with Crippen LogP contribution in [-0.4, -0.2) is 67.2 Å². The largest absolute Gasteiger partial charge is 0.375 e. The van der Waals surface area contributed by atoms with E-state index in [2.05, 4.69) is 16.0 Å². The maximum atomic E-state index is 11.8. The standard InChI is InChI=1S/C14H21N3O3S/c1-21(18,19)17-6-4-14-13(11-17)16(7-8-20-14)10-12-3-2-5-15-9-12/h2-3,5,9,13-14H,4,6-8,10-11H2,1H3/t13-,14-/m0/s1. The molecular weight excluding hydrogens is 290 g/mol. The second-order valence-corrected chi connectivity index (χ2v) is 7.70. The minimum atomic E-state index is -3.13. The van der Waals surface area contributed by atoms with E-state index in [-0.39, 0.29) is 12.1 Å². The Morgan fingerprint density at radius 3 is 3.00 bits per heavy atom. The molecule has 0 spiro atoms. The molecule has 2 aliphatic rings. The van der Waals surface area contributed by atoms with Crippen molar-refractivity contribution >= 4 is 10.0 Å². The lowest BCUT2D eigenvalue weighted by molar-refractivity contribution is -0.0958. The van der Waals surface area contributed by atoms with E-state index in [1.165, 1.54) is 6.26 Å². The Bertz CT molecular complexity index is 578. The monoisotopic (exact) mass is 311 g/mol. The average Bonchev–Trinajstić information content (AvgIpc) is 2.47. The van der Waals surface area contributed by atoms with Crippen LogP contribution in [-0.2, 0) is 21.3 Å². The molecule has 0 unspecified atom stereocenters. The Hall–Kier alpha value is -1.02. The third-order valence-corrected chi connectivity index (χ3v) is 5.51. The first-order valence-corrected chi connectivity index (χ1v) is 9.08. The molecule has 1 aromatic rings. The molecule has 2 atom stereocenters. The van der Waals surface area contributed by atoms with Crippen LogP contribution in [0.3, 0.4) is 0 Å². The van der Waals surface area contributed by atoms with Crippen LogP contribution in [0, 0.1) is 0 Å². The van der Waals surface area contributed by atoms with Gasteiger partial charge in [0.1, 0.15) is 0 Å². The second-order valence-electron chi connectivity index (χ2n) is 5.72. The van der Waals surface area contributed by atoms with Crippen molar-refractivity contribution in [3.8, 4) is 0 Å². The number of hydrogen-bond donors (Lipinski definition) is 0. The summed E-state index contributed by atoms with van der Waals surface area (Å²) < 4.78 is 31.0. The van der Waals surface area contributed by atoms with E-state index in [9.17, 15) is 8.42 Å². The van der Waals surface area contributed by atoms with Crippen LogP contribution in [0.4, 0.5) is 0 Å². The van der Waals surface area contributed by atoms with Crippen LogP contribution in [0.25, 0.3) is 0 Å². The third-order valence-electron chi connectivity index (χ3n) is 4.24. The van der Waals surface area contributed by atoms with Gasteiger partial charge in [0.05, 0.1) is 25.0 Å².